The molecule has 0 spiro atoms. The van der Waals surface area contributed by atoms with Crippen LogP contribution >= 0.6 is 15.9 Å². The average molecular weight is 367 g/mol. The number of nitrogens with one attached hydrogen (secondary N) is 1. The van der Waals surface area contributed by atoms with Crippen LogP contribution in [0.4, 0.5) is 0 Å². The third kappa shape index (κ3) is 2.72. The summed E-state index contributed by atoms with van der Waals surface area (Å²) in [5.41, 5.74) is 0. The zero-order valence-electron chi connectivity index (χ0n) is 10.3. The molecule has 1 aromatic heterocycles. The summed E-state index contributed by atoms with van der Waals surface area (Å²) in [5, 5.41) is 8.76. The highest BCUT2D eigenvalue weighted by molar-refractivity contribution is 9.10. The molecule has 2 rings (SSSR count). The molecule has 10 heteroatoms. The standard InChI is InChI=1S/C10H11BrN2O6S/c1-13-3-2-5(9(13)14)12-20(17,18)7-4-6(10(15)16)19-8(7)11/h4-5,12H,2-3H2,1H3,(H,15,16). The Balaban J connectivity index is 2.27. The third-order valence-corrected chi connectivity index (χ3v) is 5.21. The summed E-state index contributed by atoms with van der Waals surface area (Å²) in [6, 6.07) is 0.0396. The number of rotatable bonds is 4. The molecule has 0 aromatic carbocycles. The van der Waals surface area contributed by atoms with Gasteiger partial charge in [0.2, 0.25) is 21.7 Å². The van der Waals surface area contributed by atoms with Crippen LogP contribution in [0.25, 0.3) is 0 Å². The number of likely N-dealkylation sites (N-methyl/N-ethyl adjacent to an activating group) is 1. The molecule has 1 amide bonds. The van der Waals surface area contributed by atoms with E-state index in [0.717, 1.165) is 6.07 Å². The van der Waals surface area contributed by atoms with Gasteiger partial charge in [0.1, 0.15) is 10.9 Å². The van der Waals surface area contributed by atoms with Gasteiger partial charge in [-0.25, -0.2) is 13.2 Å². The molecule has 0 bridgehead atoms. The van der Waals surface area contributed by atoms with E-state index in [1.54, 1.807) is 7.05 Å². The molecule has 0 saturated carbocycles. The molecule has 1 aromatic rings. The van der Waals surface area contributed by atoms with Gasteiger partial charge in [0, 0.05) is 19.7 Å². The minimum atomic E-state index is -4.04. The molecule has 1 saturated heterocycles. The van der Waals surface area contributed by atoms with Crippen molar-refractivity contribution in [1.82, 2.24) is 9.62 Å². The van der Waals surface area contributed by atoms with Crippen molar-refractivity contribution in [2.75, 3.05) is 13.6 Å². The Kier molecular flexibility index (Phi) is 3.89. The van der Waals surface area contributed by atoms with E-state index in [9.17, 15) is 18.0 Å². The molecule has 1 fully saturated rings. The van der Waals surface area contributed by atoms with Crippen molar-refractivity contribution in [2.45, 2.75) is 17.4 Å². The van der Waals surface area contributed by atoms with E-state index in [4.69, 9.17) is 9.52 Å². The Morgan fingerprint density at radius 1 is 1.60 bits per heavy atom. The van der Waals surface area contributed by atoms with E-state index in [0.29, 0.717) is 13.0 Å². The Morgan fingerprint density at radius 3 is 2.70 bits per heavy atom. The maximum Gasteiger partial charge on any atom is 0.371 e. The fourth-order valence-electron chi connectivity index (χ4n) is 1.82. The predicted octanol–water partition coefficient (Wildman–Crippen LogP) is 0.249. The lowest BCUT2D eigenvalue weighted by Crippen LogP contribution is -2.40. The van der Waals surface area contributed by atoms with Crippen LogP contribution in [0.15, 0.2) is 20.0 Å². The number of sulfonamides is 1. The number of aromatic carboxylic acids is 1. The first kappa shape index (κ1) is 15.0. The summed E-state index contributed by atoms with van der Waals surface area (Å²) in [6.07, 6.45) is 0.357. The lowest BCUT2D eigenvalue weighted by Gasteiger charge is -2.11. The quantitative estimate of drug-likeness (QED) is 0.788. The summed E-state index contributed by atoms with van der Waals surface area (Å²) in [6.45, 7) is 0.457. The number of likely N-dealkylation sites (tertiary alicyclic amines) is 1. The molecule has 20 heavy (non-hydrogen) atoms. The molecule has 110 valence electrons. The first-order chi connectivity index (χ1) is 9.22. The lowest BCUT2D eigenvalue weighted by molar-refractivity contribution is -0.127. The van der Waals surface area contributed by atoms with Gasteiger partial charge in [0.15, 0.2) is 4.67 Å². The van der Waals surface area contributed by atoms with E-state index < -0.39 is 27.8 Å². The molecular weight excluding hydrogens is 356 g/mol. The molecule has 2 heterocycles. The monoisotopic (exact) mass is 366 g/mol. The number of carbonyl (C=O) groups excluding carboxylic acids is 1. The van der Waals surface area contributed by atoms with Crippen LogP contribution in [0.2, 0.25) is 0 Å². The zero-order chi connectivity index (χ0) is 15.1. The molecule has 1 aliphatic rings. The van der Waals surface area contributed by atoms with Crippen molar-refractivity contribution < 1.29 is 27.5 Å². The van der Waals surface area contributed by atoms with E-state index >= 15 is 0 Å². The number of amides is 1. The lowest BCUT2D eigenvalue weighted by atomic mass is 10.3. The normalized spacial score (nSPS) is 19.6. The summed E-state index contributed by atoms with van der Waals surface area (Å²) in [5.74, 6) is -2.22. The van der Waals surface area contributed by atoms with Crippen molar-refractivity contribution in [1.29, 1.82) is 0 Å². The minimum absolute atomic E-state index is 0.221. The van der Waals surface area contributed by atoms with E-state index in [-0.39, 0.29) is 15.5 Å². The van der Waals surface area contributed by atoms with Crippen LogP contribution < -0.4 is 4.72 Å². The first-order valence-electron chi connectivity index (χ1n) is 5.52. The second-order valence-corrected chi connectivity index (χ2v) is 6.68. The SMILES string of the molecule is CN1CCC(NS(=O)(=O)c2cc(C(=O)O)oc2Br)C1=O. The highest BCUT2D eigenvalue weighted by Gasteiger charge is 2.34. The van der Waals surface area contributed by atoms with Gasteiger partial charge in [-0.05, 0) is 22.4 Å². The fourth-order valence-corrected chi connectivity index (χ4v) is 3.99. The summed E-state index contributed by atoms with van der Waals surface area (Å²) < 4.78 is 31.1. The van der Waals surface area contributed by atoms with Gasteiger partial charge >= 0.3 is 5.97 Å². The molecule has 1 atom stereocenters. The largest absolute Gasteiger partial charge is 0.475 e. The number of hydrogen-bond acceptors (Lipinski definition) is 5. The minimum Gasteiger partial charge on any atom is -0.475 e. The highest BCUT2D eigenvalue weighted by atomic mass is 79.9. The van der Waals surface area contributed by atoms with Crippen molar-refractivity contribution in [2.24, 2.45) is 0 Å². The van der Waals surface area contributed by atoms with Crippen LogP contribution in [0.1, 0.15) is 17.0 Å². The van der Waals surface area contributed by atoms with Crippen LogP contribution in [-0.4, -0.2) is 49.9 Å². The van der Waals surface area contributed by atoms with Crippen LogP contribution in [0.3, 0.4) is 0 Å². The molecule has 2 N–H and O–H groups in total. The summed E-state index contributed by atoms with van der Waals surface area (Å²) in [4.78, 5) is 23.5. The molecule has 8 nitrogen and oxygen atoms in total. The van der Waals surface area contributed by atoms with Crippen LogP contribution in [-0.2, 0) is 14.8 Å². The Bertz CT molecular complexity index is 667. The molecule has 1 aliphatic heterocycles. The number of carboxylic acid groups (broad SMARTS) is 1. The van der Waals surface area contributed by atoms with Gasteiger partial charge in [-0.15, -0.1) is 0 Å². The number of nitrogens with zero attached hydrogens (tertiary/aromatic N) is 1. The topological polar surface area (TPSA) is 117 Å². The number of carboxylic acids is 1. The second kappa shape index (κ2) is 5.19. The van der Waals surface area contributed by atoms with Crippen LogP contribution in [0.5, 0.6) is 0 Å². The Labute approximate surface area is 122 Å². The van der Waals surface area contributed by atoms with Crippen molar-refractivity contribution >= 4 is 37.8 Å². The molecule has 0 radical (unpaired) electrons. The van der Waals surface area contributed by atoms with Gasteiger partial charge in [0.25, 0.3) is 0 Å². The average Bonchev–Trinajstić information content (AvgIpc) is 2.87. The van der Waals surface area contributed by atoms with Gasteiger partial charge in [0.05, 0.1) is 0 Å². The third-order valence-electron chi connectivity index (χ3n) is 2.88. The van der Waals surface area contributed by atoms with Gasteiger partial charge < -0.3 is 14.4 Å². The maximum absolute atomic E-state index is 12.1. The Hall–Kier alpha value is -1.39. The fraction of sp³-hybridized carbons (Fsp3) is 0.400. The number of halogens is 1. The van der Waals surface area contributed by atoms with E-state index in [1.165, 1.54) is 4.90 Å². The predicted molar refractivity (Wildman–Crippen MR) is 69.7 cm³/mol. The summed E-state index contributed by atoms with van der Waals surface area (Å²) >= 11 is 2.85. The highest BCUT2D eigenvalue weighted by Crippen LogP contribution is 2.26. The second-order valence-electron chi connectivity index (χ2n) is 4.28. The first-order valence-corrected chi connectivity index (χ1v) is 7.80. The van der Waals surface area contributed by atoms with Gasteiger partial charge in [-0.3, -0.25) is 4.79 Å². The Morgan fingerprint density at radius 2 is 2.25 bits per heavy atom. The van der Waals surface area contributed by atoms with Crippen molar-refractivity contribution in [3.05, 3.63) is 16.5 Å². The number of furan rings is 1. The smallest absolute Gasteiger partial charge is 0.371 e. The zero-order valence-corrected chi connectivity index (χ0v) is 12.7. The maximum atomic E-state index is 12.1. The van der Waals surface area contributed by atoms with Crippen LogP contribution in [0, 0.1) is 0 Å². The molecule has 1 unspecified atom stereocenters. The number of hydrogen-bond donors (Lipinski definition) is 2. The van der Waals surface area contributed by atoms with Crippen molar-refractivity contribution in [3.63, 3.8) is 0 Å². The van der Waals surface area contributed by atoms with E-state index in [1.807, 2.05) is 0 Å². The van der Waals surface area contributed by atoms with E-state index in [2.05, 4.69) is 20.7 Å². The molecule has 0 aliphatic carbocycles. The number of carbonyl (C=O) groups is 2. The van der Waals surface area contributed by atoms with Crippen molar-refractivity contribution in [3.8, 4) is 0 Å². The van der Waals surface area contributed by atoms with Gasteiger partial charge in [-0.1, -0.05) is 0 Å². The summed E-state index contributed by atoms with van der Waals surface area (Å²) in [7, 11) is -2.47. The van der Waals surface area contributed by atoms with Gasteiger partial charge in [-0.2, -0.15) is 4.72 Å². The molecular formula is C10H11BrN2O6S.